The third-order valence-corrected chi connectivity index (χ3v) is 14.2. The smallest absolute Gasteiger partial charge is 0.308 e. The first kappa shape index (κ1) is 56.2. The van der Waals surface area contributed by atoms with Gasteiger partial charge in [0.05, 0.1) is 80.8 Å². The van der Waals surface area contributed by atoms with Crippen LogP contribution in [-0.2, 0) is 58.9 Å². The lowest BCUT2D eigenvalue weighted by molar-refractivity contribution is -0.305. The van der Waals surface area contributed by atoms with Gasteiger partial charge in [0.1, 0.15) is 42.4 Å². The van der Waals surface area contributed by atoms with Gasteiger partial charge in [-0.25, -0.2) is 0 Å². The maximum absolute atomic E-state index is 14.5. The number of allylic oxidation sites excluding steroid dienone is 3. The third-order valence-electron chi connectivity index (χ3n) is 14.2. The number of pyridine rings is 1. The lowest BCUT2D eigenvalue weighted by atomic mass is 9.79. The molecule has 16 atom stereocenters. The fraction of sp³-hybridized carbons (Fsp3) is 0.692. The van der Waals surface area contributed by atoms with Gasteiger partial charge in [0.15, 0.2) is 12.1 Å². The second-order valence-electron chi connectivity index (χ2n) is 19.6. The first-order chi connectivity index (χ1) is 34.1. The van der Waals surface area contributed by atoms with Crippen molar-refractivity contribution in [1.29, 1.82) is 0 Å². The van der Waals surface area contributed by atoms with E-state index in [-0.39, 0.29) is 51.2 Å². The lowest BCUT2D eigenvalue weighted by Crippen LogP contribution is -2.63. The van der Waals surface area contributed by atoms with Crippen molar-refractivity contribution in [1.82, 2.24) is 19.9 Å². The van der Waals surface area contributed by atoms with Crippen molar-refractivity contribution >= 4 is 17.5 Å². The van der Waals surface area contributed by atoms with E-state index in [2.05, 4.69) is 20.1 Å². The predicted molar refractivity (Wildman–Crippen MR) is 261 cm³/mol. The minimum absolute atomic E-state index is 0.0504. The van der Waals surface area contributed by atoms with E-state index in [4.69, 9.17) is 42.7 Å². The number of ether oxygens (including phenoxy) is 8. The number of carbonyl (C=O) groups is 2. The van der Waals surface area contributed by atoms with Gasteiger partial charge in [-0.05, 0) is 78.1 Å². The summed E-state index contributed by atoms with van der Waals surface area (Å²) < 4.78 is 50.4. The molecule has 3 fully saturated rings. The Balaban J connectivity index is 1.31. The van der Waals surface area contributed by atoms with Crippen molar-refractivity contribution in [2.45, 2.75) is 153 Å². The van der Waals surface area contributed by atoms with Crippen LogP contribution in [0.5, 0.6) is 0 Å². The van der Waals surface area contributed by atoms with Crippen molar-refractivity contribution in [3.05, 3.63) is 66.3 Å². The fourth-order valence-electron chi connectivity index (χ4n) is 10.1. The molecule has 2 saturated heterocycles. The summed E-state index contributed by atoms with van der Waals surface area (Å²) >= 11 is 0. The zero-order valence-corrected chi connectivity index (χ0v) is 42.8. The summed E-state index contributed by atoms with van der Waals surface area (Å²) in [7, 11) is 6.65. The predicted octanol–water partition coefficient (Wildman–Crippen LogP) is 4.26. The molecule has 71 heavy (non-hydrogen) atoms. The summed E-state index contributed by atoms with van der Waals surface area (Å²) in [4.78, 5) is 49.1. The number of aromatic nitrogens is 3. The average Bonchev–Trinajstić information content (AvgIpc) is 3.38. The van der Waals surface area contributed by atoms with E-state index in [0.717, 1.165) is 11.1 Å². The van der Waals surface area contributed by atoms with Gasteiger partial charge in [-0.15, -0.1) is 0 Å². The average molecular weight is 996 g/mol. The Morgan fingerprint density at radius 3 is 2.38 bits per heavy atom. The highest BCUT2D eigenvalue weighted by Gasteiger charge is 2.48. The van der Waals surface area contributed by atoms with Crippen LogP contribution >= 0.6 is 0 Å². The molecular formula is C52H77N5O14. The minimum atomic E-state index is -1.26. The second-order valence-corrected chi connectivity index (χ2v) is 19.6. The summed E-state index contributed by atoms with van der Waals surface area (Å²) in [6.45, 7) is 9.84. The molecule has 3 N–H and O–H groups in total. The number of hydrogen-bond donors (Lipinski definition) is 3. The van der Waals surface area contributed by atoms with Gasteiger partial charge in [0, 0.05) is 62.7 Å². The van der Waals surface area contributed by atoms with Crippen LogP contribution in [0.1, 0.15) is 78.7 Å². The summed E-state index contributed by atoms with van der Waals surface area (Å²) in [6.07, 6.45) is 5.29. The molecule has 1 unspecified atom stereocenters. The van der Waals surface area contributed by atoms with Gasteiger partial charge >= 0.3 is 5.97 Å². The monoisotopic (exact) mass is 996 g/mol. The van der Waals surface area contributed by atoms with Crippen LogP contribution in [0, 0.1) is 23.7 Å². The number of methoxy groups -OCH3 is 2. The number of hydrogen-bond acceptors (Lipinski definition) is 19. The fourth-order valence-corrected chi connectivity index (χ4v) is 10.1. The highest BCUT2D eigenvalue weighted by Crippen LogP contribution is 2.36. The SMILES string of the molecule is CC[C@H]1OC(=O)C[C@H]2OC/C(=N/OCc3ccc(-c4cnccn4)nc3)COCCC(C[C@@H](C)C(=O)/C=C/C(C)=C/[C@@H]1CO[C@@H]1CC[C@@H](O)[C@@H](OC)[C@H]1OC)[C@H](O[C@@H]1O[C@H](C)[C@@H](O)[C@H](N(C)C)[C@H]1O)[C@H]2C. The first-order valence-corrected chi connectivity index (χ1v) is 25.0. The van der Waals surface area contributed by atoms with Crippen molar-refractivity contribution in [3.63, 3.8) is 0 Å². The number of aliphatic hydroxyl groups is 3. The number of cyclic esters (lactones) is 1. The largest absolute Gasteiger partial charge is 0.462 e. The van der Waals surface area contributed by atoms with E-state index in [1.165, 1.54) is 7.11 Å². The normalized spacial score (nSPS) is 36.9. The highest BCUT2D eigenvalue weighted by molar-refractivity contribution is 5.91. The van der Waals surface area contributed by atoms with Crippen LogP contribution in [0.3, 0.4) is 0 Å². The number of likely N-dealkylation sites (N-methyl/N-ethyl adjacent to an activating group) is 1. The summed E-state index contributed by atoms with van der Waals surface area (Å²) in [6, 6.07) is 2.99. The maximum Gasteiger partial charge on any atom is 0.308 e. The quantitative estimate of drug-likeness (QED) is 0.188. The molecule has 2 aromatic rings. The van der Waals surface area contributed by atoms with Crippen LogP contribution in [0.25, 0.3) is 11.4 Å². The molecule has 0 amide bonds. The highest BCUT2D eigenvalue weighted by atomic mass is 16.7. The Morgan fingerprint density at radius 2 is 1.69 bits per heavy atom. The molecule has 2 bridgehead atoms. The van der Waals surface area contributed by atoms with Gasteiger partial charge in [0.25, 0.3) is 0 Å². The van der Waals surface area contributed by atoms with E-state index >= 15 is 0 Å². The summed E-state index contributed by atoms with van der Waals surface area (Å²) in [5.74, 6) is -2.47. The van der Waals surface area contributed by atoms with E-state index in [1.54, 1.807) is 70.0 Å². The third kappa shape index (κ3) is 15.2. The van der Waals surface area contributed by atoms with Crippen LogP contribution in [0.15, 0.2) is 65.9 Å². The van der Waals surface area contributed by atoms with Crippen LogP contribution in [0.4, 0.5) is 0 Å². The first-order valence-electron chi connectivity index (χ1n) is 25.0. The number of ketones is 1. The topological polar surface area (TPSA) is 232 Å². The molecule has 5 heterocycles. The molecular weight excluding hydrogens is 919 g/mol. The Morgan fingerprint density at radius 1 is 0.901 bits per heavy atom. The molecule has 3 aliphatic heterocycles. The summed E-state index contributed by atoms with van der Waals surface area (Å²) in [5, 5.41) is 37.9. The molecule has 0 aromatic carbocycles. The van der Waals surface area contributed by atoms with E-state index in [1.807, 2.05) is 45.9 Å². The second kappa shape index (κ2) is 27.2. The van der Waals surface area contributed by atoms with Crippen LogP contribution < -0.4 is 0 Å². The van der Waals surface area contributed by atoms with Gasteiger partial charge in [-0.3, -0.25) is 24.5 Å². The Kier molecular flexibility index (Phi) is 21.6. The van der Waals surface area contributed by atoms with Crippen molar-refractivity contribution in [2.75, 3.05) is 54.7 Å². The number of nitrogens with zero attached hydrogens (tertiary/aromatic N) is 5. The molecule has 2 aromatic heterocycles. The van der Waals surface area contributed by atoms with Crippen molar-refractivity contribution < 1.29 is 67.6 Å². The summed E-state index contributed by atoms with van der Waals surface area (Å²) in [5.41, 5.74) is 3.29. The maximum atomic E-state index is 14.5. The number of rotatable bonds is 13. The number of fused-ring (bicyclic) bond motifs is 3. The van der Waals surface area contributed by atoms with E-state index in [0.29, 0.717) is 49.2 Å². The number of aliphatic hydroxyl groups excluding tert-OH is 3. The molecule has 6 rings (SSSR count). The molecule has 1 saturated carbocycles. The molecule has 0 spiro atoms. The van der Waals surface area contributed by atoms with Crippen LogP contribution in [0.2, 0.25) is 0 Å². The molecule has 1 aliphatic carbocycles. The number of oxime groups is 1. The zero-order chi connectivity index (χ0) is 51.2. The van der Waals surface area contributed by atoms with Gasteiger partial charge < -0.3 is 63.0 Å². The molecule has 0 radical (unpaired) electrons. The number of esters is 1. The van der Waals surface area contributed by atoms with Gasteiger partial charge in [-0.1, -0.05) is 49.7 Å². The Bertz CT molecular complexity index is 2060. The van der Waals surface area contributed by atoms with E-state index < -0.39 is 97.1 Å². The minimum Gasteiger partial charge on any atom is -0.462 e. The lowest BCUT2D eigenvalue weighted by Gasteiger charge is -2.47. The standard InChI is InChI=1S/C52H77N5O14/c1-10-42-36(27-66-43-16-15-41(59)50(63-8)51(43)64-9)21-30(2)11-14-40(58)31(3)22-35-17-20-65-28-37(56-68-26-34-12-13-38(55-24-34)39-25-53-18-19-54-39)29-67-44(23-45(60)70-42)32(4)49(35)71-52-48(62)46(57(6)7)47(61)33(5)69-52/h11-14,18-19,21,24-25,31-33,35-36,41-44,46-52,59,61-62H,10,15-17,20,22-23,26-29H2,1-9H3/b14-11+,30-21+,56-37+/t31-,32+,33-,35?,36-,41-,42-,43-,44-,46+,47-,48-,49-,50-,51+,52+/m1/s1. The Hall–Kier alpha value is -4.12. The van der Waals surface area contributed by atoms with E-state index in [9.17, 15) is 24.9 Å². The number of carbonyl (C=O) groups excluding carboxylic acids is 2. The Labute approximate surface area is 418 Å². The molecule has 4 aliphatic rings. The van der Waals surface area contributed by atoms with Gasteiger partial charge in [0.2, 0.25) is 0 Å². The van der Waals surface area contributed by atoms with Crippen molar-refractivity contribution in [2.24, 2.45) is 28.8 Å². The molecule has 19 nitrogen and oxygen atoms in total. The zero-order valence-electron chi connectivity index (χ0n) is 42.8. The molecule has 19 heteroatoms. The molecule has 394 valence electrons. The van der Waals surface area contributed by atoms with Crippen LogP contribution in [-0.4, -0.2) is 181 Å². The van der Waals surface area contributed by atoms with Gasteiger partial charge in [-0.2, -0.15) is 0 Å². The van der Waals surface area contributed by atoms with Crippen molar-refractivity contribution in [3.8, 4) is 11.4 Å².